The molecule has 2 rings (SSSR count). The number of amides is 1. The van der Waals surface area contributed by atoms with Crippen LogP contribution in [0.15, 0.2) is 54.6 Å². The summed E-state index contributed by atoms with van der Waals surface area (Å²) in [5.41, 5.74) is 0.530. The number of hydrogen-bond acceptors (Lipinski definition) is 1. The summed E-state index contributed by atoms with van der Waals surface area (Å²) in [6.45, 7) is 5.43. The molecule has 0 saturated carbocycles. The minimum absolute atomic E-state index is 0.129. The highest BCUT2D eigenvalue weighted by atomic mass is 19.4. The Kier molecular flexibility index (Phi) is 6.11. The zero-order valence-electron chi connectivity index (χ0n) is 15.2. The third kappa shape index (κ3) is 5.61. The molecule has 0 aliphatic rings. The summed E-state index contributed by atoms with van der Waals surface area (Å²) in [6, 6.07) is 14.5. The zero-order chi connectivity index (χ0) is 19.4. The topological polar surface area (TPSA) is 29.1 Å². The van der Waals surface area contributed by atoms with Crippen LogP contribution in [0.25, 0.3) is 0 Å². The number of carbonyl (C=O) groups is 1. The number of halogens is 3. The second-order valence-corrected chi connectivity index (χ2v) is 7.42. The fraction of sp³-hybridized carbons (Fsp3) is 0.381. The highest BCUT2D eigenvalue weighted by molar-refractivity contribution is 5.81. The molecule has 2 nitrogen and oxygen atoms in total. The molecule has 1 amide bonds. The van der Waals surface area contributed by atoms with E-state index >= 15 is 0 Å². The van der Waals surface area contributed by atoms with Gasteiger partial charge in [-0.05, 0) is 36.1 Å². The zero-order valence-corrected chi connectivity index (χ0v) is 15.2. The molecule has 1 N–H and O–H groups in total. The standard InChI is InChI=1S/C21H24F3NO/c1-20(2,3)19(26)25-18(14-9-15-7-5-4-6-8-15)16-10-12-17(13-11-16)21(22,23)24/h4-8,10-13,18H,9,14H2,1-3H3,(H,25,26)/t18-/m0/s1. The van der Waals surface area contributed by atoms with Crippen LogP contribution in [0.3, 0.4) is 0 Å². The first-order chi connectivity index (χ1) is 12.1. The molecule has 0 heterocycles. The Bertz CT molecular complexity index is 716. The lowest BCUT2D eigenvalue weighted by Gasteiger charge is -2.25. The van der Waals surface area contributed by atoms with Gasteiger partial charge in [0, 0.05) is 5.41 Å². The first kappa shape index (κ1) is 20.0. The van der Waals surface area contributed by atoms with Crippen molar-refractivity contribution >= 4 is 5.91 Å². The Morgan fingerprint density at radius 1 is 0.962 bits per heavy atom. The summed E-state index contributed by atoms with van der Waals surface area (Å²) in [7, 11) is 0. The van der Waals surface area contributed by atoms with E-state index in [0.29, 0.717) is 12.0 Å². The molecule has 2 aromatic carbocycles. The number of nitrogens with one attached hydrogen (secondary N) is 1. The lowest BCUT2D eigenvalue weighted by atomic mass is 9.92. The van der Waals surface area contributed by atoms with Gasteiger partial charge < -0.3 is 5.32 Å². The van der Waals surface area contributed by atoms with Crippen LogP contribution in [-0.4, -0.2) is 5.91 Å². The molecule has 26 heavy (non-hydrogen) atoms. The number of hydrogen-bond donors (Lipinski definition) is 1. The molecule has 0 radical (unpaired) electrons. The van der Waals surface area contributed by atoms with Crippen molar-refractivity contribution in [3.63, 3.8) is 0 Å². The molecular formula is C21H24F3NO. The molecule has 0 fully saturated rings. The minimum Gasteiger partial charge on any atom is -0.349 e. The predicted octanol–water partition coefficient (Wildman–Crippen LogP) is 5.54. The van der Waals surface area contributed by atoms with Gasteiger partial charge in [-0.25, -0.2) is 0 Å². The Morgan fingerprint density at radius 3 is 2.04 bits per heavy atom. The molecule has 0 aliphatic heterocycles. The molecule has 0 aromatic heterocycles. The molecule has 0 aliphatic carbocycles. The number of rotatable bonds is 5. The van der Waals surface area contributed by atoms with E-state index in [2.05, 4.69) is 5.32 Å². The van der Waals surface area contributed by atoms with Crippen LogP contribution in [0.5, 0.6) is 0 Å². The second kappa shape index (κ2) is 7.94. The van der Waals surface area contributed by atoms with Gasteiger partial charge in [-0.15, -0.1) is 0 Å². The lowest BCUT2D eigenvalue weighted by molar-refractivity contribution is -0.137. The Morgan fingerprint density at radius 2 is 1.54 bits per heavy atom. The van der Waals surface area contributed by atoms with Crippen LogP contribution in [-0.2, 0) is 17.4 Å². The largest absolute Gasteiger partial charge is 0.416 e. The van der Waals surface area contributed by atoms with Gasteiger partial charge in [0.2, 0.25) is 5.91 Å². The van der Waals surface area contributed by atoms with E-state index in [-0.39, 0.29) is 11.9 Å². The maximum Gasteiger partial charge on any atom is 0.416 e. The Hall–Kier alpha value is -2.30. The number of alkyl halides is 3. The summed E-state index contributed by atoms with van der Waals surface area (Å²) in [4.78, 5) is 12.4. The third-order valence-corrected chi connectivity index (χ3v) is 4.19. The fourth-order valence-corrected chi connectivity index (χ4v) is 2.56. The molecule has 1 atom stereocenters. The quantitative estimate of drug-likeness (QED) is 0.742. The highest BCUT2D eigenvalue weighted by Gasteiger charge is 2.30. The molecule has 5 heteroatoms. The first-order valence-electron chi connectivity index (χ1n) is 8.59. The molecule has 0 saturated heterocycles. The van der Waals surface area contributed by atoms with Crippen molar-refractivity contribution in [2.75, 3.05) is 0 Å². The van der Waals surface area contributed by atoms with Gasteiger partial charge in [-0.2, -0.15) is 13.2 Å². The van der Waals surface area contributed by atoms with Gasteiger partial charge in [-0.3, -0.25) is 4.79 Å². The number of aryl methyl sites for hydroxylation is 1. The monoisotopic (exact) mass is 363 g/mol. The fourth-order valence-electron chi connectivity index (χ4n) is 2.56. The van der Waals surface area contributed by atoms with Gasteiger partial charge in [0.25, 0.3) is 0 Å². The number of benzene rings is 2. The van der Waals surface area contributed by atoms with Crippen molar-refractivity contribution in [3.8, 4) is 0 Å². The minimum atomic E-state index is -4.37. The average Bonchev–Trinajstić information content (AvgIpc) is 2.58. The van der Waals surface area contributed by atoms with Crippen LogP contribution >= 0.6 is 0 Å². The van der Waals surface area contributed by atoms with Gasteiger partial charge in [0.1, 0.15) is 0 Å². The van der Waals surface area contributed by atoms with E-state index in [1.807, 2.05) is 51.1 Å². The summed E-state index contributed by atoms with van der Waals surface area (Å²) in [5.74, 6) is -0.129. The molecule has 0 spiro atoms. The predicted molar refractivity (Wildman–Crippen MR) is 96.5 cm³/mol. The van der Waals surface area contributed by atoms with Crippen LogP contribution < -0.4 is 5.32 Å². The lowest BCUT2D eigenvalue weighted by Crippen LogP contribution is -2.37. The van der Waals surface area contributed by atoms with Crippen molar-refractivity contribution in [3.05, 3.63) is 71.3 Å². The Labute approximate surface area is 152 Å². The van der Waals surface area contributed by atoms with E-state index in [0.717, 1.165) is 24.1 Å². The second-order valence-electron chi connectivity index (χ2n) is 7.42. The summed E-state index contributed by atoms with van der Waals surface area (Å²) < 4.78 is 38.4. The number of carbonyl (C=O) groups excluding carboxylic acids is 1. The van der Waals surface area contributed by atoms with Crippen LogP contribution in [0, 0.1) is 5.41 Å². The van der Waals surface area contributed by atoms with Crippen molar-refractivity contribution in [1.29, 1.82) is 0 Å². The van der Waals surface area contributed by atoms with E-state index in [9.17, 15) is 18.0 Å². The van der Waals surface area contributed by atoms with Crippen LogP contribution in [0.2, 0.25) is 0 Å². The summed E-state index contributed by atoms with van der Waals surface area (Å²) in [6.07, 6.45) is -3.04. The molecule has 2 aromatic rings. The van der Waals surface area contributed by atoms with E-state index in [4.69, 9.17) is 0 Å². The Balaban J connectivity index is 2.20. The summed E-state index contributed by atoms with van der Waals surface area (Å²) >= 11 is 0. The average molecular weight is 363 g/mol. The first-order valence-corrected chi connectivity index (χ1v) is 8.59. The van der Waals surface area contributed by atoms with Crippen molar-refractivity contribution in [2.45, 2.75) is 45.8 Å². The highest BCUT2D eigenvalue weighted by Crippen LogP contribution is 2.31. The van der Waals surface area contributed by atoms with Crippen LogP contribution in [0.1, 0.15) is 49.9 Å². The maximum atomic E-state index is 12.8. The molecule has 140 valence electrons. The molecule has 0 unspecified atom stereocenters. The van der Waals surface area contributed by atoms with E-state index in [1.165, 1.54) is 12.1 Å². The molecule has 0 bridgehead atoms. The van der Waals surface area contributed by atoms with Crippen molar-refractivity contribution in [1.82, 2.24) is 5.32 Å². The third-order valence-electron chi connectivity index (χ3n) is 4.19. The van der Waals surface area contributed by atoms with Gasteiger partial charge in [0.15, 0.2) is 0 Å². The van der Waals surface area contributed by atoms with E-state index in [1.54, 1.807) is 0 Å². The maximum absolute atomic E-state index is 12.8. The normalized spacial score (nSPS) is 13.3. The van der Waals surface area contributed by atoms with Crippen molar-refractivity contribution in [2.24, 2.45) is 5.41 Å². The molecular weight excluding hydrogens is 339 g/mol. The smallest absolute Gasteiger partial charge is 0.349 e. The van der Waals surface area contributed by atoms with Gasteiger partial charge in [-0.1, -0.05) is 63.2 Å². The SMILES string of the molecule is CC(C)(C)C(=O)N[C@@H](CCc1ccccc1)c1ccc(C(F)(F)F)cc1. The van der Waals surface area contributed by atoms with Crippen molar-refractivity contribution < 1.29 is 18.0 Å². The van der Waals surface area contributed by atoms with E-state index < -0.39 is 17.2 Å². The van der Waals surface area contributed by atoms with Crippen LogP contribution in [0.4, 0.5) is 13.2 Å². The van der Waals surface area contributed by atoms with Gasteiger partial charge >= 0.3 is 6.18 Å². The van der Waals surface area contributed by atoms with Gasteiger partial charge in [0.05, 0.1) is 11.6 Å². The summed E-state index contributed by atoms with van der Waals surface area (Å²) in [5, 5.41) is 2.98.